The highest BCUT2D eigenvalue weighted by Gasteiger charge is 2.18. The highest BCUT2D eigenvalue weighted by molar-refractivity contribution is 5.86. The van der Waals surface area contributed by atoms with Gasteiger partial charge in [0.2, 0.25) is 5.95 Å². The van der Waals surface area contributed by atoms with Crippen molar-refractivity contribution in [2.45, 2.75) is 33.5 Å². The van der Waals surface area contributed by atoms with Gasteiger partial charge in [0.25, 0.3) is 0 Å². The molecule has 1 unspecified atom stereocenters. The van der Waals surface area contributed by atoms with Gasteiger partial charge >= 0.3 is 0 Å². The van der Waals surface area contributed by atoms with E-state index < -0.39 is 6.17 Å². The second-order valence-electron chi connectivity index (χ2n) is 6.21. The van der Waals surface area contributed by atoms with Gasteiger partial charge in [0.1, 0.15) is 23.3 Å². The molecule has 0 bridgehead atoms. The van der Waals surface area contributed by atoms with Gasteiger partial charge in [0, 0.05) is 18.2 Å². The van der Waals surface area contributed by atoms with Crippen LogP contribution in [0.1, 0.15) is 29.7 Å². The molecular weight excluding hydrogens is 333 g/mol. The lowest BCUT2D eigenvalue weighted by Gasteiger charge is -2.14. The molecule has 0 fully saturated rings. The Bertz CT molecular complexity index is 991. The molecule has 3 rings (SSSR count). The number of alkyl halides is 1. The van der Waals surface area contributed by atoms with Crippen LogP contribution in [0.3, 0.4) is 0 Å². The predicted octanol–water partition coefficient (Wildman–Crippen LogP) is 2.88. The zero-order valence-electron chi connectivity index (χ0n) is 15.3. The minimum Gasteiger partial charge on any atom is -0.372 e. The average Bonchev–Trinajstić information content (AvgIpc) is 2.88. The van der Waals surface area contributed by atoms with E-state index in [1.807, 2.05) is 26.0 Å². The first-order valence-electron chi connectivity index (χ1n) is 8.31. The van der Waals surface area contributed by atoms with Crippen molar-refractivity contribution in [3.05, 3.63) is 41.5 Å². The molecule has 0 spiro atoms. The smallest absolute Gasteiger partial charge is 0.222 e. The molecule has 0 aliphatic rings. The molecule has 8 heteroatoms. The molecule has 3 N–H and O–H groups in total. The summed E-state index contributed by atoms with van der Waals surface area (Å²) in [7, 11) is 1.76. The first-order chi connectivity index (χ1) is 12.3. The van der Waals surface area contributed by atoms with Gasteiger partial charge in [0.05, 0.1) is 17.9 Å². The fraction of sp³-hybridized carbons (Fsp3) is 0.333. The Balaban J connectivity index is 2.13. The van der Waals surface area contributed by atoms with Gasteiger partial charge in [0.15, 0.2) is 5.65 Å². The standard InChI is InChI=1S/C18H22FN7/c1-9(19)8-26-12(4)23-14-7-6-13(24-17(14)26)10(2)15-11(3)22-18(20)25-16(15)21-5/h6-7,9H,2,8H2,1,3-5H3,(H3,20,21,22,25). The molecule has 0 radical (unpaired) electrons. The molecule has 3 aromatic heterocycles. The van der Waals surface area contributed by atoms with Gasteiger partial charge in [-0.15, -0.1) is 0 Å². The van der Waals surface area contributed by atoms with E-state index >= 15 is 0 Å². The first kappa shape index (κ1) is 17.8. The monoisotopic (exact) mass is 355 g/mol. The molecule has 136 valence electrons. The van der Waals surface area contributed by atoms with Crippen molar-refractivity contribution in [3.63, 3.8) is 0 Å². The number of nitrogens with one attached hydrogen (secondary N) is 1. The lowest BCUT2D eigenvalue weighted by Crippen LogP contribution is -2.10. The maximum Gasteiger partial charge on any atom is 0.222 e. The number of hydrogen-bond acceptors (Lipinski definition) is 6. The average molecular weight is 355 g/mol. The SMILES string of the molecule is C=C(c1ccc2nc(C)n(CC(C)F)c2n1)c1c(C)nc(N)nc1NC. The zero-order valence-corrected chi connectivity index (χ0v) is 15.3. The van der Waals surface area contributed by atoms with Gasteiger partial charge in [-0.2, -0.15) is 4.98 Å². The molecule has 1 atom stereocenters. The highest BCUT2D eigenvalue weighted by atomic mass is 19.1. The lowest BCUT2D eigenvalue weighted by molar-refractivity contribution is 0.321. The van der Waals surface area contributed by atoms with E-state index in [2.05, 4.69) is 31.8 Å². The van der Waals surface area contributed by atoms with E-state index in [1.165, 1.54) is 6.92 Å². The summed E-state index contributed by atoms with van der Waals surface area (Å²) in [5, 5.41) is 3.02. The number of hydrogen-bond donors (Lipinski definition) is 2. The maximum atomic E-state index is 13.6. The van der Waals surface area contributed by atoms with Crippen molar-refractivity contribution in [2.24, 2.45) is 0 Å². The van der Waals surface area contributed by atoms with Crippen molar-refractivity contribution in [3.8, 4) is 0 Å². The molecule has 7 nitrogen and oxygen atoms in total. The number of imidazole rings is 1. The fourth-order valence-electron chi connectivity index (χ4n) is 3.02. The normalized spacial score (nSPS) is 12.3. The van der Waals surface area contributed by atoms with Crippen LogP contribution in [0.5, 0.6) is 0 Å². The predicted molar refractivity (Wildman–Crippen MR) is 102 cm³/mol. The second kappa shape index (κ2) is 6.70. The number of fused-ring (bicyclic) bond motifs is 1. The number of aryl methyl sites for hydroxylation is 2. The van der Waals surface area contributed by atoms with E-state index in [1.54, 1.807) is 11.6 Å². The molecule has 3 aromatic rings. The Morgan fingerprint density at radius 3 is 2.65 bits per heavy atom. The van der Waals surface area contributed by atoms with Crippen LogP contribution < -0.4 is 11.1 Å². The van der Waals surface area contributed by atoms with Gasteiger partial charge in [-0.25, -0.2) is 19.3 Å². The summed E-state index contributed by atoms with van der Waals surface area (Å²) in [5.41, 5.74) is 9.84. The van der Waals surface area contributed by atoms with Crippen LogP contribution >= 0.6 is 0 Å². The third-order valence-corrected chi connectivity index (χ3v) is 4.17. The fourth-order valence-corrected chi connectivity index (χ4v) is 3.02. The Hall–Kier alpha value is -3.03. The Kier molecular flexibility index (Phi) is 4.58. The Labute approximate surface area is 151 Å². The Morgan fingerprint density at radius 1 is 1.27 bits per heavy atom. The first-order valence-corrected chi connectivity index (χ1v) is 8.31. The summed E-state index contributed by atoms with van der Waals surface area (Å²) in [6, 6.07) is 3.71. The van der Waals surface area contributed by atoms with Gasteiger partial charge < -0.3 is 15.6 Å². The third-order valence-electron chi connectivity index (χ3n) is 4.17. The maximum absolute atomic E-state index is 13.6. The number of nitrogen functional groups attached to an aromatic ring is 1. The molecule has 0 saturated heterocycles. The second-order valence-corrected chi connectivity index (χ2v) is 6.21. The molecule has 0 saturated carbocycles. The van der Waals surface area contributed by atoms with Crippen molar-refractivity contribution < 1.29 is 4.39 Å². The van der Waals surface area contributed by atoms with E-state index in [0.29, 0.717) is 28.4 Å². The van der Waals surface area contributed by atoms with Crippen LogP contribution in [0.25, 0.3) is 16.7 Å². The number of nitrogens with two attached hydrogens (primary N) is 1. The molecule has 0 amide bonds. The summed E-state index contributed by atoms with van der Waals surface area (Å²) < 4.78 is 15.3. The van der Waals surface area contributed by atoms with E-state index in [0.717, 1.165) is 16.9 Å². The number of nitrogens with zero attached hydrogens (tertiary/aromatic N) is 5. The molecule has 0 aliphatic heterocycles. The van der Waals surface area contributed by atoms with Crippen molar-refractivity contribution >= 4 is 28.5 Å². The molecular formula is C18H22FN7. The van der Waals surface area contributed by atoms with E-state index in [-0.39, 0.29) is 12.5 Å². The number of aromatic nitrogens is 5. The molecule has 0 aliphatic carbocycles. The number of rotatable bonds is 5. The van der Waals surface area contributed by atoms with Gasteiger partial charge in [-0.1, -0.05) is 6.58 Å². The molecule has 0 aromatic carbocycles. The van der Waals surface area contributed by atoms with Crippen molar-refractivity contribution in [2.75, 3.05) is 18.1 Å². The summed E-state index contributed by atoms with van der Waals surface area (Å²) in [5.74, 6) is 1.50. The van der Waals surface area contributed by atoms with E-state index in [4.69, 9.17) is 5.73 Å². The van der Waals surface area contributed by atoms with Crippen molar-refractivity contribution in [1.29, 1.82) is 0 Å². The molecule has 3 heterocycles. The minimum absolute atomic E-state index is 0.192. The van der Waals surface area contributed by atoms with Crippen LogP contribution in [-0.2, 0) is 6.54 Å². The summed E-state index contributed by atoms with van der Waals surface area (Å²) in [4.78, 5) is 17.6. The molecule has 26 heavy (non-hydrogen) atoms. The van der Waals surface area contributed by atoms with E-state index in [9.17, 15) is 4.39 Å². The van der Waals surface area contributed by atoms with Crippen LogP contribution in [-0.4, -0.2) is 37.7 Å². The van der Waals surface area contributed by atoms with Crippen LogP contribution in [0.15, 0.2) is 18.7 Å². The van der Waals surface area contributed by atoms with Crippen LogP contribution in [0.4, 0.5) is 16.2 Å². The zero-order chi connectivity index (χ0) is 19.0. The summed E-state index contributed by atoms with van der Waals surface area (Å²) >= 11 is 0. The van der Waals surface area contributed by atoms with Crippen molar-refractivity contribution in [1.82, 2.24) is 24.5 Å². The minimum atomic E-state index is -0.997. The van der Waals surface area contributed by atoms with Gasteiger partial charge in [-0.3, -0.25) is 0 Å². The third kappa shape index (κ3) is 3.10. The quantitative estimate of drug-likeness (QED) is 0.731. The highest BCUT2D eigenvalue weighted by Crippen LogP contribution is 2.29. The van der Waals surface area contributed by atoms with Gasteiger partial charge in [-0.05, 0) is 32.9 Å². The topological polar surface area (TPSA) is 94.5 Å². The number of halogens is 1. The number of anilines is 2. The summed E-state index contributed by atoms with van der Waals surface area (Å²) in [6.07, 6.45) is -0.997. The van der Waals surface area contributed by atoms with Crippen LogP contribution in [0.2, 0.25) is 0 Å². The summed E-state index contributed by atoms with van der Waals surface area (Å²) in [6.45, 7) is 9.58. The largest absolute Gasteiger partial charge is 0.372 e. The number of pyridine rings is 1. The lowest BCUT2D eigenvalue weighted by atomic mass is 10.0. The van der Waals surface area contributed by atoms with Crippen LogP contribution in [0, 0.1) is 13.8 Å². The Morgan fingerprint density at radius 2 is 2.00 bits per heavy atom.